The summed E-state index contributed by atoms with van der Waals surface area (Å²) in [5.41, 5.74) is 2.86. The molecular weight excluding hydrogens is 404 g/mol. The second kappa shape index (κ2) is 7.81. The number of nitrogens with zero attached hydrogens (tertiary/aromatic N) is 1. The molecule has 2 amide bonds. The van der Waals surface area contributed by atoms with Crippen LogP contribution < -0.4 is 10.9 Å². The molecule has 0 saturated carbocycles. The van der Waals surface area contributed by atoms with Gasteiger partial charge in [-0.25, -0.2) is 4.79 Å². The third-order valence-corrected chi connectivity index (χ3v) is 5.65. The lowest BCUT2D eigenvalue weighted by Crippen LogP contribution is -2.40. The van der Waals surface area contributed by atoms with Gasteiger partial charge in [0, 0.05) is 16.6 Å². The van der Waals surface area contributed by atoms with Crippen molar-refractivity contribution in [2.24, 2.45) is 0 Å². The van der Waals surface area contributed by atoms with Gasteiger partial charge in [-0.15, -0.1) is 0 Å². The molecule has 0 fully saturated rings. The number of carbonyl (C=O) groups excluding carboxylic acids is 2. The average Bonchev–Trinajstić information content (AvgIpc) is 2.94. The molecule has 1 aliphatic heterocycles. The second-order valence-electron chi connectivity index (χ2n) is 7.87. The lowest BCUT2D eigenvalue weighted by molar-refractivity contribution is -0.117. The van der Waals surface area contributed by atoms with Crippen molar-refractivity contribution >= 4 is 28.5 Å². The number of para-hydroxylation sites is 1. The molecule has 0 bridgehead atoms. The highest BCUT2D eigenvalue weighted by atomic mass is 16.4. The number of hydrogen-bond acceptors (Lipinski definition) is 4. The fraction of sp³-hybridized carbons (Fsp3) is 0.115. The third-order valence-electron chi connectivity index (χ3n) is 5.65. The van der Waals surface area contributed by atoms with Gasteiger partial charge in [-0.05, 0) is 30.7 Å². The van der Waals surface area contributed by atoms with Crippen molar-refractivity contribution in [3.8, 4) is 0 Å². The number of anilines is 1. The number of amides is 2. The predicted molar refractivity (Wildman–Crippen MR) is 122 cm³/mol. The Labute approximate surface area is 184 Å². The molecule has 0 saturated heterocycles. The van der Waals surface area contributed by atoms with Crippen LogP contribution in [0.2, 0.25) is 0 Å². The quantitative estimate of drug-likeness (QED) is 0.487. The topological polar surface area (TPSA) is 79.6 Å². The van der Waals surface area contributed by atoms with Gasteiger partial charge in [-0.2, -0.15) is 0 Å². The molecular formula is C26H20N2O4. The van der Waals surface area contributed by atoms with Gasteiger partial charge in [0.05, 0.1) is 6.04 Å². The molecule has 1 aromatic heterocycles. The Morgan fingerprint density at radius 2 is 1.72 bits per heavy atom. The minimum absolute atomic E-state index is 0.103. The molecule has 4 aromatic rings. The summed E-state index contributed by atoms with van der Waals surface area (Å²) in [6.07, 6.45) is 0. The lowest BCUT2D eigenvalue weighted by Gasteiger charge is -2.30. The molecule has 32 heavy (non-hydrogen) atoms. The summed E-state index contributed by atoms with van der Waals surface area (Å²) < 4.78 is 5.39. The molecule has 0 radical (unpaired) electrons. The van der Waals surface area contributed by atoms with Gasteiger partial charge >= 0.3 is 5.63 Å². The van der Waals surface area contributed by atoms with Gasteiger partial charge in [0.25, 0.3) is 5.91 Å². The first kappa shape index (κ1) is 19.8. The van der Waals surface area contributed by atoms with E-state index in [9.17, 15) is 14.4 Å². The highest BCUT2D eigenvalue weighted by Crippen LogP contribution is 2.37. The van der Waals surface area contributed by atoms with E-state index in [0.29, 0.717) is 16.7 Å². The fourth-order valence-electron chi connectivity index (χ4n) is 4.18. The fourth-order valence-corrected chi connectivity index (χ4v) is 4.18. The number of carbonyl (C=O) groups is 2. The van der Waals surface area contributed by atoms with Crippen molar-refractivity contribution in [3.63, 3.8) is 0 Å². The van der Waals surface area contributed by atoms with E-state index in [2.05, 4.69) is 5.32 Å². The second-order valence-corrected chi connectivity index (χ2v) is 7.87. The van der Waals surface area contributed by atoms with E-state index in [1.165, 1.54) is 11.0 Å². The standard InChI is InChI=1S/C26H20N2O4/c1-16-11-12-21-19(13-16)24(17-7-3-2-4-8-17)28(15-23(29)27-21)25(30)20-14-18-9-5-6-10-22(18)32-26(20)31/h2-14,24H,15H2,1H3,(H,27,29)/t24-/m1/s1. The SMILES string of the molecule is Cc1ccc2c(c1)[C@@H](c1ccccc1)N(C(=O)c1cc3ccccc3oc1=O)CC(=O)N2. The maximum Gasteiger partial charge on any atom is 0.349 e. The maximum atomic E-state index is 13.7. The molecule has 0 aliphatic carbocycles. The normalized spacial score (nSPS) is 15.7. The van der Waals surface area contributed by atoms with Crippen molar-refractivity contribution in [1.29, 1.82) is 0 Å². The summed E-state index contributed by atoms with van der Waals surface area (Å²) in [7, 11) is 0. The molecule has 1 aliphatic rings. The summed E-state index contributed by atoms with van der Waals surface area (Å²) in [5.74, 6) is -0.880. The third kappa shape index (κ3) is 3.46. The van der Waals surface area contributed by atoms with Crippen LogP contribution in [0, 0.1) is 6.92 Å². The van der Waals surface area contributed by atoms with Crippen LogP contribution in [0.4, 0.5) is 5.69 Å². The number of rotatable bonds is 2. The Balaban J connectivity index is 1.70. The first-order chi connectivity index (χ1) is 15.5. The predicted octanol–water partition coefficient (Wildman–Crippen LogP) is 4.29. The van der Waals surface area contributed by atoms with Crippen molar-refractivity contribution in [3.05, 3.63) is 112 Å². The van der Waals surface area contributed by atoms with Crippen LogP contribution in [0.15, 0.2) is 88.1 Å². The number of hydrogen-bond donors (Lipinski definition) is 1. The first-order valence-corrected chi connectivity index (χ1v) is 10.3. The van der Waals surface area contributed by atoms with E-state index < -0.39 is 17.6 Å². The molecule has 2 heterocycles. The molecule has 3 aromatic carbocycles. The van der Waals surface area contributed by atoms with E-state index in [4.69, 9.17) is 4.42 Å². The van der Waals surface area contributed by atoms with Crippen molar-refractivity contribution in [2.75, 3.05) is 11.9 Å². The van der Waals surface area contributed by atoms with E-state index in [0.717, 1.165) is 16.7 Å². The van der Waals surface area contributed by atoms with E-state index in [1.807, 2.05) is 61.5 Å². The Morgan fingerprint density at radius 3 is 2.53 bits per heavy atom. The Kier molecular flexibility index (Phi) is 4.82. The van der Waals surface area contributed by atoms with E-state index in [1.54, 1.807) is 18.2 Å². The van der Waals surface area contributed by atoms with Gasteiger partial charge in [-0.1, -0.05) is 66.2 Å². The Morgan fingerprint density at radius 1 is 0.969 bits per heavy atom. The summed E-state index contributed by atoms with van der Waals surface area (Å²) in [6, 6.07) is 23.2. The molecule has 0 unspecified atom stereocenters. The van der Waals surface area contributed by atoms with Crippen molar-refractivity contribution < 1.29 is 14.0 Å². The zero-order valence-corrected chi connectivity index (χ0v) is 17.4. The van der Waals surface area contributed by atoms with Gasteiger partial charge in [0.15, 0.2) is 0 Å². The van der Waals surface area contributed by atoms with Gasteiger partial charge in [-0.3, -0.25) is 9.59 Å². The van der Waals surface area contributed by atoms with Gasteiger partial charge in [0.1, 0.15) is 17.7 Å². The molecule has 1 atom stereocenters. The lowest BCUT2D eigenvalue weighted by atomic mass is 9.94. The Bertz CT molecular complexity index is 1410. The van der Waals surface area contributed by atoms with Crippen molar-refractivity contribution in [1.82, 2.24) is 4.90 Å². The highest BCUT2D eigenvalue weighted by molar-refractivity contribution is 6.02. The molecule has 1 N–H and O–H groups in total. The molecule has 5 rings (SSSR count). The van der Waals surface area contributed by atoms with Crippen LogP contribution >= 0.6 is 0 Å². The van der Waals surface area contributed by atoms with Crippen molar-refractivity contribution in [2.45, 2.75) is 13.0 Å². The van der Waals surface area contributed by atoms with E-state index >= 15 is 0 Å². The summed E-state index contributed by atoms with van der Waals surface area (Å²) in [4.78, 5) is 40.6. The maximum absolute atomic E-state index is 13.7. The number of fused-ring (bicyclic) bond motifs is 2. The van der Waals surface area contributed by atoms with E-state index in [-0.39, 0.29) is 18.0 Å². The van der Waals surface area contributed by atoms with Crippen LogP contribution in [-0.4, -0.2) is 23.3 Å². The minimum Gasteiger partial charge on any atom is -0.422 e. The smallest absolute Gasteiger partial charge is 0.349 e. The van der Waals surface area contributed by atoms with Crippen LogP contribution in [-0.2, 0) is 4.79 Å². The first-order valence-electron chi connectivity index (χ1n) is 10.3. The van der Waals surface area contributed by atoms with Crippen LogP contribution in [0.3, 0.4) is 0 Å². The van der Waals surface area contributed by atoms with Gasteiger partial charge in [0.2, 0.25) is 5.91 Å². The Hall–Kier alpha value is -4.19. The summed E-state index contributed by atoms with van der Waals surface area (Å²) in [6.45, 7) is 1.76. The molecule has 158 valence electrons. The number of nitrogens with one attached hydrogen (secondary N) is 1. The number of benzene rings is 3. The average molecular weight is 424 g/mol. The van der Waals surface area contributed by atoms with Gasteiger partial charge < -0.3 is 14.6 Å². The van der Waals surface area contributed by atoms with Crippen LogP contribution in [0.25, 0.3) is 11.0 Å². The number of aryl methyl sites for hydroxylation is 1. The zero-order valence-electron chi connectivity index (χ0n) is 17.4. The monoisotopic (exact) mass is 424 g/mol. The van der Waals surface area contributed by atoms with Crippen LogP contribution in [0.1, 0.15) is 33.1 Å². The summed E-state index contributed by atoms with van der Waals surface area (Å²) >= 11 is 0. The zero-order chi connectivity index (χ0) is 22.2. The van der Waals surface area contributed by atoms with Crippen LogP contribution in [0.5, 0.6) is 0 Å². The molecule has 6 nitrogen and oxygen atoms in total. The molecule has 6 heteroatoms. The highest BCUT2D eigenvalue weighted by Gasteiger charge is 2.35. The molecule has 0 spiro atoms. The minimum atomic E-state index is -0.727. The largest absolute Gasteiger partial charge is 0.422 e. The summed E-state index contributed by atoms with van der Waals surface area (Å²) in [5, 5.41) is 3.54.